The van der Waals surface area contributed by atoms with Crippen LogP contribution in [0.3, 0.4) is 0 Å². The predicted octanol–water partition coefficient (Wildman–Crippen LogP) is 1.17. The highest BCUT2D eigenvalue weighted by atomic mass is 15.2. The van der Waals surface area contributed by atoms with Crippen LogP contribution < -0.4 is 0 Å². The van der Waals surface area contributed by atoms with Gasteiger partial charge in [0.1, 0.15) is 5.84 Å². The van der Waals surface area contributed by atoms with Gasteiger partial charge in [-0.3, -0.25) is 4.99 Å². The molecule has 1 unspecified atom stereocenters. The first-order valence-electron chi connectivity index (χ1n) is 3.52. The van der Waals surface area contributed by atoms with Gasteiger partial charge in [-0.15, -0.1) is 0 Å². The van der Waals surface area contributed by atoms with Crippen molar-refractivity contribution in [2.24, 2.45) is 4.99 Å². The third-order valence-corrected chi connectivity index (χ3v) is 1.93. The molecule has 0 aliphatic carbocycles. The van der Waals surface area contributed by atoms with Crippen molar-refractivity contribution in [3.63, 3.8) is 0 Å². The van der Waals surface area contributed by atoms with Crippen LogP contribution in [0.4, 0.5) is 0 Å². The molecule has 2 nitrogen and oxygen atoms in total. The molecule has 0 aromatic heterocycles. The maximum Gasteiger partial charge on any atom is 0.100 e. The Bertz CT molecular complexity index is 225. The summed E-state index contributed by atoms with van der Waals surface area (Å²) in [4.78, 5) is 6.52. The fourth-order valence-corrected chi connectivity index (χ4v) is 1.34. The smallest absolute Gasteiger partial charge is 0.100 e. The molecule has 2 rings (SSSR count). The second-order valence-electron chi connectivity index (χ2n) is 2.59. The van der Waals surface area contributed by atoms with E-state index in [1.807, 2.05) is 13.0 Å². The van der Waals surface area contributed by atoms with E-state index in [-0.39, 0.29) is 0 Å². The molecular weight excluding hydrogens is 124 g/mol. The topological polar surface area (TPSA) is 15.6 Å². The molecule has 0 bridgehead atoms. The molecule has 0 aromatic rings. The quantitative estimate of drug-likeness (QED) is 0.485. The van der Waals surface area contributed by atoms with Gasteiger partial charge < -0.3 is 4.90 Å². The first kappa shape index (κ1) is 5.71. The van der Waals surface area contributed by atoms with E-state index >= 15 is 0 Å². The molecule has 0 saturated carbocycles. The highest BCUT2D eigenvalue weighted by molar-refractivity contribution is 5.83. The maximum atomic E-state index is 4.32. The molecule has 52 valence electrons. The Balaban J connectivity index is 2.27. The SMILES string of the molecule is CC1=NCC2C=CC=CN12. The van der Waals surface area contributed by atoms with Gasteiger partial charge in [-0.2, -0.15) is 0 Å². The largest absolute Gasteiger partial charge is 0.328 e. The molecule has 0 amide bonds. The van der Waals surface area contributed by atoms with Crippen molar-refractivity contribution < 1.29 is 0 Å². The van der Waals surface area contributed by atoms with Crippen LogP contribution >= 0.6 is 0 Å². The van der Waals surface area contributed by atoms with Crippen molar-refractivity contribution in [2.75, 3.05) is 6.54 Å². The van der Waals surface area contributed by atoms with Crippen molar-refractivity contribution >= 4 is 5.84 Å². The van der Waals surface area contributed by atoms with E-state index in [2.05, 4.69) is 28.2 Å². The van der Waals surface area contributed by atoms with E-state index in [1.165, 1.54) is 0 Å². The summed E-state index contributed by atoms with van der Waals surface area (Å²) >= 11 is 0. The summed E-state index contributed by atoms with van der Waals surface area (Å²) in [6, 6.07) is 0.505. The lowest BCUT2D eigenvalue weighted by Gasteiger charge is -2.21. The van der Waals surface area contributed by atoms with Gasteiger partial charge >= 0.3 is 0 Å². The molecule has 2 aliphatic heterocycles. The van der Waals surface area contributed by atoms with Crippen molar-refractivity contribution in [3.05, 3.63) is 24.4 Å². The molecule has 0 fully saturated rings. The number of hydrogen-bond donors (Lipinski definition) is 0. The van der Waals surface area contributed by atoms with E-state index in [0.717, 1.165) is 12.4 Å². The monoisotopic (exact) mass is 134 g/mol. The van der Waals surface area contributed by atoms with E-state index in [0.29, 0.717) is 6.04 Å². The molecule has 0 radical (unpaired) electrons. The number of rotatable bonds is 0. The van der Waals surface area contributed by atoms with Crippen LogP contribution in [0.25, 0.3) is 0 Å². The van der Waals surface area contributed by atoms with Crippen LogP contribution in [-0.4, -0.2) is 23.3 Å². The first-order chi connectivity index (χ1) is 4.88. The lowest BCUT2D eigenvalue weighted by Crippen LogP contribution is -2.29. The molecule has 0 saturated heterocycles. The second kappa shape index (κ2) is 1.97. The molecule has 2 heterocycles. The van der Waals surface area contributed by atoms with Gasteiger partial charge in [0.05, 0.1) is 12.6 Å². The fourth-order valence-electron chi connectivity index (χ4n) is 1.34. The minimum absolute atomic E-state index is 0.505. The summed E-state index contributed by atoms with van der Waals surface area (Å²) in [5, 5.41) is 0. The number of fused-ring (bicyclic) bond motifs is 1. The Labute approximate surface area is 60.6 Å². The Hall–Kier alpha value is -1.05. The van der Waals surface area contributed by atoms with E-state index < -0.39 is 0 Å². The Morgan fingerprint density at radius 3 is 3.30 bits per heavy atom. The van der Waals surface area contributed by atoms with Crippen LogP contribution in [0, 0.1) is 0 Å². The Morgan fingerprint density at radius 2 is 2.50 bits per heavy atom. The summed E-state index contributed by atoms with van der Waals surface area (Å²) in [6.45, 7) is 2.97. The molecule has 2 aliphatic rings. The minimum Gasteiger partial charge on any atom is -0.328 e. The van der Waals surface area contributed by atoms with Crippen LogP contribution in [0.15, 0.2) is 29.4 Å². The molecule has 10 heavy (non-hydrogen) atoms. The van der Waals surface area contributed by atoms with Crippen molar-refractivity contribution in [3.8, 4) is 0 Å². The molecule has 0 spiro atoms. The van der Waals surface area contributed by atoms with Gasteiger partial charge in [-0.05, 0) is 13.0 Å². The zero-order chi connectivity index (χ0) is 6.97. The second-order valence-corrected chi connectivity index (χ2v) is 2.59. The van der Waals surface area contributed by atoms with Gasteiger partial charge in [0.2, 0.25) is 0 Å². The molecule has 1 atom stereocenters. The Kier molecular flexibility index (Phi) is 1.13. The van der Waals surface area contributed by atoms with E-state index in [9.17, 15) is 0 Å². The molecule has 0 N–H and O–H groups in total. The number of hydrogen-bond acceptors (Lipinski definition) is 2. The number of amidine groups is 1. The van der Waals surface area contributed by atoms with Crippen LogP contribution in [0.5, 0.6) is 0 Å². The van der Waals surface area contributed by atoms with Crippen molar-refractivity contribution in [1.29, 1.82) is 0 Å². The molecular formula is C8H10N2. The van der Waals surface area contributed by atoms with Crippen molar-refractivity contribution in [2.45, 2.75) is 13.0 Å². The predicted molar refractivity (Wildman–Crippen MR) is 41.9 cm³/mol. The number of nitrogens with zero attached hydrogens (tertiary/aromatic N) is 2. The van der Waals surface area contributed by atoms with Gasteiger partial charge in [-0.25, -0.2) is 0 Å². The zero-order valence-corrected chi connectivity index (χ0v) is 5.99. The zero-order valence-electron chi connectivity index (χ0n) is 5.99. The van der Waals surface area contributed by atoms with Gasteiger partial charge in [0.25, 0.3) is 0 Å². The summed E-state index contributed by atoms with van der Waals surface area (Å²) in [6.07, 6.45) is 8.38. The van der Waals surface area contributed by atoms with E-state index in [1.54, 1.807) is 0 Å². The average molecular weight is 134 g/mol. The normalized spacial score (nSPS) is 28.7. The number of allylic oxidation sites excluding steroid dienone is 2. The average Bonchev–Trinajstić information content (AvgIpc) is 2.34. The summed E-state index contributed by atoms with van der Waals surface area (Å²) in [5.74, 6) is 1.13. The minimum atomic E-state index is 0.505. The van der Waals surface area contributed by atoms with Crippen molar-refractivity contribution in [1.82, 2.24) is 4.90 Å². The molecule has 2 heteroatoms. The molecule has 0 aromatic carbocycles. The van der Waals surface area contributed by atoms with E-state index in [4.69, 9.17) is 0 Å². The van der Waals surface area contributed by atoms with Gasteiger partial charge in [0.15, 0.2) is 0 Å². The fraction of sp³-hybridized carbons (Fsp3) is 0.375. The third kappa shape index (κ3) is 0.685. The van der Waals surface area contributed by atoms with Crippen LogP contribution in [-0.2, 0) is 0 Å². The van der Waals surface area contributed by atoms with Gasteiger partial charge in [-0.1, -0.05) is 12.2 Å². The summed E-state index contributed by atoms with van der Waals surface area (Å²) < 4.78 is 0. The first-order valence-corrected chi connectivity index (χ1v) is 3.52. The standard InChI is InChI=1S/C8H10N2/c1-7-9-6-8-4-2-3-5-10(7)8/h2-5,8H,6H2,1H3. The van der Waals surface area contributed by atoms with Gasteiger partial charge in [0, 0.05) is 6.20 Å². The summed E-state index contributed by atoms with van der Waals surface area (Å²) in [5.41, 5.74) is 0. The Morgan fingerprint density at radius 1 is 1.60 bits per heavy atom. The lowest BCUT2D eigenvalue weighted by atomic mass is 10.2. The highest BCUT2D eigenvalue weighted by Crippen LogP contribution is 2.15. The number of aliphatic imine (C=N–C) groups is 1. The third-order valence-electron chi connectivity index (χ3n) is 1.93. The van der Waals surface area contributed by atoms with Crippen LogP contribution in [0.2, 0.25) is 0 Å². The maximum absolute atomic E-state index is 4.32. The van der Waals surface area contributed by atoms with Crippen LogP contribution in [0.1, 0.15) is 6.92 Å². The lowest BCUT2D eigenvalue weighted by molar-refractivity contribution is 0.507. The highest BCUT2D eigenvalue weighted by Gasteiger charge is 2.21. The summed E-state index contributed by atoms with van der Waals surface area (Å²) in [7, 11) is 0.